The van der Waals surface area contributed by atoms with E-state index in [1.807, 2.05) is 0 Å². The molecular weight excluding hydrogens is 228 g/mol. The van der Waals surface area contributed by atoms with Crippen molar-refractivity contribution in [1.29, 1.82) is 0 Å². The Morgan fingerprint density at radius 1 is 0.789 bits per heavy atom. The molecule has 0 saturated heterocycles. The average molecular weight is 248 g/mol. The van der Waals surface area contributed by atoms with Crippen molar-refractivity contribution in [3.63, 3.8) is 0 Å². The molecule has 0 amide bonds. The van der Waals surface area contributed by atoms with E-state index in [0.29, 0.717) is 11.8 Å². The van der Waals surface area contributed by atoms with E-state index in [4.69, 9.17) is 0 Å². The highest BCUT2D eigenvalue weighted by Gasteiger charge is 2.26. The molecule has 1 fully saturated rings. The van der Waals surface area contributed by atoms with Crippen molar-refractivity contribution in [3.05, 3.63) is 77.9 Å². The summed E-state index contributed by atoms with van der Waals surface area (Å²) in [4.78, 5) is 0. The van der Waals surface area contributed by atoms with Crippen LogP contribution in [0.1, 0.15) is 36.3 Å². The molecule has 96 valence electrons. The fourth-order valence-electron chi connectivity index (χ4n) is 3.13. The van der Waals surface area contributed by atoms with Crippen molar-refractivity contribution in [2.45, 2.75) is 25.2 Å². The summed E-state index contributed by atoms with van der Waals surface area (Å²) in [5.74, 6) is 1.41. The fraction of sp³-hybridized carbons (Fsp3) is 0.263. The van der Waals surface area contributed by atoms with Crippen molar-refractivity contribution in [3.8, 4) is 0 Å². The molecule has 0 radical (unpaired) electrons. The van der Waals surface area contributed by atoms with Gasteiger partial charge in [0.2, 0.25) is 0 Å². The highest BCUT2D eigenvalue weighted by atomic mass is 14.3. The third-order valence-corrected chi connectivity index (χ3v) is 4.13. The smallest absolute Gasteiger partial charge is 0.00989 e. The van der Waals surface area contributed by atoms with Crippen LogP contribution in [-0.4, -0.2) is 0 Å². The first kappa shape index (κ1) is 12.2. The van der Waals surface area contributed by atoms with Crippen LogP contribution in [0.3, 0.4) is 0 Å². The second-order valence-corrected chi connectivity index (χ2v) is 5.38. The summed E-state index contributed by atoms with van der Waals surface area (Å²) in [5, 5.41) is 0. The zero-order chi connectivity index (χ0) is 12.9. The molecule has 0 aromatic heterocycles. The minimum atomic E-state index is 0.697. The first-order chi connectivity index (χ1) is 9.43. The van der Waals surface area contributed by atoms with Crippen LogP contribution in [0.4, 0.5) is 0 Å². The molecule has 0 unspecified atom stereocenters. The average Bonchev–Trinajstić information content (AvgIpc) is 2.95. The summed E-state index contributed by atoms with van der Waals surface area (Å²) < 4.78 is 0. The van der Waals surface area contributed by atoms with E-state index >= 15 is 0 Å². The Morgan fingerprint density at radius 2 is 1.47 bits per heavy atom. The van der Waals surface area contributed by atoms with E-state index in [-0.39, 0.29) is 0 Å². The monoisotopic (exact) mass is 248 g/mol. The van der Waals surface area contributed by atoms with Gasteiger partial charge in [0.05, 0.1) is 0 Å². The molecule has 0 nitrogen and oxygen atoms in total. The summed E-state index contributed by atoms with van der Waals surface area (Å²) in [7, 11) is 0. The lowest BCUT2D eigenvalue weighted by Gasteiger charge is -2.16. The van der Waals surface area contributed by atoms with Gasteiger partial charge in [0, 0.05) is 0 Å². The lowest BCUT2D eigenvalue weighted by atomic mass is 9.88. The Bertz CT molecular complexity index is 524. The fourth-order valence-corrected chi connectivity index (χ4v) is 3.13. The van der Waals surface area contributed by atoms with Gasteiger partial charge in [-0.25, -0.2) is 0 Å². The van der Waals surface area contributed by atoms with E-state index in [0.717, 1.165) is 0 Å². The maximum atomic E-state index is 2.42. The quantitative estimate of drug-likeness (QED) is 0.693. The predicted octanol–water partition coefficient (Wildman–Crippen LogP) is 5.28. The Hall–Kier alpha value is -1.82. The van der Waals surface area contributed by atoms with E-state index in [9.17, 15) is 0 Å². The van der Waals surface area contributed by atoms with Crippen LogP contribution < -0.4 is 0 Å². The standard InChI is InChI=1S/C19H20/c1-3-8-16(9-4-1)14-15-18-12-7-13-19(18)17-10-5-2-6-11-17/h1-6,8-11,14-15,18-19H,7,12-13H2/b15-14+/t18-,19-/m1/s1. The van der Waals surface area contributed by atoms with Crippen LogP contribution in [0, 0.1) is 5.92 Å². The zero-order valence-electron chi connectivity index (χ0n) is 11.2. The van der Waals surface area contributed by atoms with Gasteiger partial charge in [0.25, 0.3) is 0 Å². The second-order valence-electron chi connectivity index (χ2n) is 5.38. The van der Waals surface area contributed by atoms with Crippen LogP contribution in [0.25, 0.3) is 6.08 Å². The number of rotatable bonds is 3. The lowest BCUT2D eigenvalue weighted by Crippen LogP contribution is -2.02. The van der Waals surface area contributed by atoms with Crippen molar-refractivity contribution >= 4 is 6.08 Å². The van der Waals surface area contributed by atoms with Gasteiger partial charge in [-0.05, 0) is 35.8 Å². The molecule has 1 aliphatic rings. The summed E-state index contributed by atoms with van der Waals surface area (Å²) in [6.07, 6.45) is 8.70. The molecule has 19 heavy (non-hydrogen) atoms. The van der Waals surface area contributed by atoms with Crippen LogP contribution in [-0.2, 0) is 0 Å². The first-order valence-corrected chi connectivity index (χ1v) is 7.22. The largest absolute Gasteiger partial charge is 0.0802 e. The Kier molecular flexibility index (Phi) is 3.78. The molecule has 0 heteroatoms. The lowest BCUT2D eigenvalue weighted by molar-refractivity contribution is 0.593. The van der Waals surface area contributed by atoms with Gasteiger partial charge in [0.1, 0.15) is 0 Å². The Balaban J connectivity index is 1.75. The number of hydrogen-bond donors (Lipinski definition) is 0. The van der Waals surface area contributed by atoms with Gasteiger partial charge in [0.15, 0.2) is 0 Å². The van der Waals surface area contributed by atoms with Crippen LogP contribution in [0.2, 0.25) is 0 Å². The molecule has 1 saturated carbocycles. The van der Waals surface area contributed by atoms with E-state index < -0.39 is 0 Å². The molecule has 0 heterocycles. The van der Waals surface area contributed by atoms with Crippen LogP contribution >= 0.6 is 0 Å². The van der Waals surface area contributed by atoms with Crippen molar-refractivity contribution in [2.24, 2.45) is 5.92 Å². The van der Waals surface area contributed by atoms with Gasteiger partial charge in [-0.15, -0.1) is 0 Å². The maximum absolute atomic E-state index is 2.42. The predicted molar refractivity (Wildman–Crippen MR) is 82.0 cm³/mol. The molecule has 2 aromatic carbocycles. The van der Waals surface area contributed by atoms with Crippen LogP contribution in [0.5, 0.6) is 0 Å². The van der Waals surface area contributed by atoms with Crippen molar-refractivity contribution in [1.82, 2.24) is 0 Å². The second kappa shape index (κ2) is 5.88. The molecule has 2 aromatic rings. The van der Waals surface area contributed by atoms with Gasteiger partial charge in [-0.2, -0.15) is 0 Å². The number of allylic oxidation sites excluding steroid dienone is 1. The molecular formula is C19H20. The van der Waals surface area contributed by atoms with Crippen molar-refractivity contribution in [2.75, 3.05) is 0 Å². The topological polar surface area (TPSA) is 0 Å². The van der Waals surface area contributed by atoms with Crippen molar-refractivity contribution < 1.29 is 0 Å². The third kappa shape index (κ3) is 2.96. The Labute approximate surface area is 115 Å². The first-order valence-electron chi connectivity index (χ1n) is 7.22. The molecule has 3 rings (SSSR count). The van der Waals surface area contributed by atoms with Gasteiger partial charge < -0.3 is 0 Å². The molecule has 0 spiro atoms. The zero-order valence-corrected chi connectivity index (χ0v) is 11.2. The van der Waals surface area contributed by atoms with E-state index in [1.54, 1.807) is 0 Å². The minimum absolute atomic E-state index is 0.697. The van der Waals surface area contributed by atoms with Gasteiger partial charge in [-0.1, -0.05) is 79.2 Å². The third-order valence-electron chi connectivity index (χ3n) is 4.13. The number of benzene rings is 2. The molecule has 0 aliphatic heterocycles. The summed E-state index contributed by atoms with van der Waals surface area (Å²) in [6.45, 7) is 0. The normalized spacial score (nSPS) is 22.9. The van der Waals surface area contributed by atoms with Gasteiger partial charge >= 0.3 is 0 Å². The summed E-state index contributed by atoms with van der Waals surface area (Å²) >= 11 is 0. The Morgan fingerprint density at radius 3 is 2.21 bits per heavy atom. The molecule has 2 atom stereocenters. The number of hydrogen-bond acceptors (Lipinski definition) is 0. The van der Waals surface area contributed by atoms with Gasteiger partial charge in [-0.3, -0.25) is 0 Å². The van der Waals surface area contributed by atoms with E-state index in [2.05, 4.69) is 72.8 Å². The molecule has 0 N–H and O–H groups in total. The highest BCUT2D eigenvalue weighted by Crippen LogP contribution is 2.40. The molecule has 1 aliphatic carbocycles. The minimum Gasteiger partial charge on any atom is -0.0802 e. The SMILES string of the molecule is C(=C\[C@H]1CCC[C@@H]1c1ccccc1)/c1ccccc1. The summed E-state index contributed by atoms with van der Waals surface area (Å²) in [5.41, 5.74) is 2.81. The van der Waals surface area contributed by atoms with Crippen LogP contribution in [0.15, 0.2) is 66.7 Å². The summed E-state index contributed by atoms with van der Waals surface area (Å²) in [6, 6.07) is 21.6. The molecule has 0 bridgehead atoms. The highest BCUT2D eigenvalue weighted by molar-refractivity contribution is 5.49. The van der Waals surface area contributed by atoms with E-state index in [1.165, 1.54) is 30.4 Å². The maximum Gasteiger partial charge on any atom is -0.00989 e.